The van der Waals surface area contributed by atoms with Crippen molar-refractivity contribution in [1.29, 1.82) is 0 Å². The molecule has 2 heterocycles. The molecule has 1 amide bonds. The lowest BCUT2D eigenvalue weighted by atomic mass is 9.98. The zero-order valence-corrected chi connectivity index (χ0v) is 14.3. The molecule has 2 aromatic rings. The normalized spacial score (nSPS) is 24.3. The zero-order chi connectivity index (χ0) is 17.9. The minimum absolute atomic E-state index is 0.0538. The maximum absolute atomic E-state index is 13.2. The lowest BCUT2D eigenvalue weighted by molar-refractivity contribution is -0.132. The van der Waals surface area contributed by atoms with Crippen molar-refractivity contribution >= 4 is 11.7 Å². The molecular weight excluding hydrogens is 335 g/mol. The molecular formula is C19H21FN4O2. The number of hydrogen-bond acceptors (Lipinski definition) is 5. The molecule has 1 aromatic heterocycles. The SMILES string of the molecule is O=C(COc1cccc(F)c1)N1C[C@H]2CC[C@@H](Nc3cnccn3)[C@H]2C1. The van der Waals surface area contributed by atoms with Crippen LogP contribution in [0.15, 0.2) is 42.9 Å². The topological polar surface area (TPSA) is 67.3 Å². The van der Waals surface area contributed by atoms with Crippen molar-refractivity contribution in [2.75, 3.05) is 25.0 Å². The summed E-state index contributed by atoms with van der Waals surface area (Å²) < 4.78 is 18.6. The standard InChI is InChI=1S/C19H21FN4O2/c20-14-2-1-3-15(8-14)26-12-19(25)24-10-13-4-5-17(16(13)11-24)23-18-9-21-6-7-22-18/h1-3,6-9,13,16-17H,4-5,10-12H2,(H,22,23)/t13-,16+,17-/m1/s1. The highest BCUT2D eigenvalue weighted by Gasteiger charge is 2.44. The van der Waals surface area contributed by atoms with Crippen molar-refractivity contribution in [3.05, 3.63) is 48.7 Å². The number of carbonyl (C=O) groups is 1. The number of amides is 1. The number of hydrogen-bond donors (Lipinski definition) is 1. The molecule has 1 aliphatic carbocycles. The predicted octanol–water partition coefficient (Wildman–Crippen LogP) is 2.34. The molecule has 7 heteroatoms. The van der Waals surface area contributed by atoms with Crippen molar-refractivity contribution < 1.29 is 13.9 Å². The Labute approximate surface area is 151 Å². The van der Waals surface area contributed by atoms with Gasteiger partial charge in [-0.05, 0) is 30.9 Å². The van der Waals surface area contributed by atoms with Gasteiger partial charge in [-0.15, -0.1) is 0 Å². The van der Waals surface area contributed by atoms with Crippen molar-refractivity contribution in [3.8, 4) is 5.75 Å². The molecule has 4 rings (SSSR count). The van der Waals surface area contributed by atoms with Gasteiger partial charge in [-0.25, -0.2) is 9.37 Å². The fraction of sp³-hybridized carbons (Fsp3) is 0.421. The molecule has 6 nitrogen and oxygen atoms in total. The Morgan fingerprint density at radius 3 is 3.04 bits per heavy atom. The maximum atomic E-state index is 13.2. The summed E-state index contributed by atoms with van der Waals surface area (Å²) in [4.78, 5) is 22.7. The van der Waals surface area contributed by atoms with E-state index in [0.717, 1.165) is 25.2 Å². The number of fused-ring (bicyclic) bond motifs is 1. The van der Waals surface area contributed by atoms with Gasteiger partial charge in [-0.2, -0.15) is 0 Å². The number of halogens is 1. The molecule has 136 valence electrons. The van der Waals surface area contributed by atoms with Crippen LogP contribution < -0.4 is 10.1 Å². The Morgan fingerprint density at radius 1 is 1.31 bits per heavy atom. The van der Waals surface area contributed by atoms with Crippen LogP contribution >= 0.6 is 0 Å². The Balaban J connectivity index is 1.32. The van der Waals surface area contributed by atoms with E-state index in [-0.39, 0.29) is 18.3 Å². The average molecular weight is 356 g/mol. The van der Waals surface area contributed by atoms with Gasteiger partial charge in [0.05, 0.1) is 6.20 Å². The number of ether oxygens (including phenoxy) is 1. The molecule has 3 atom stereocenters. The van der Waals surface area contributed by atoms with Crippen LogP contribution in [0.2, 0.25) is 0 Å². The predicted molar refractivity (Wildman–Crippen MR) is 94.1 cm³/mol. The average Bonchev–Trinajstić information content (AvgIpc) is 3.23. The monoisotopic (exact) mass is 356 g/mol. The third kappa shape index (κ3) is 3.61. The number of aromatic nitrogens is 2. The molecule has 1 aromatic carbocycles. The summed E-state index contributed by atoms with van der Waals surface area (Å²) >= 11 is 0. The molecule has 0 unspecified atom stereocenters. The fourth-order valence-corrected chi connectivity index (χ4v) is 4.00. The van der Waals surface area contributed by atoms with E-state index >= 15 is 0 Å². The number of anilines is 1. The first-order valence-electron chi connectivity index (χ1n) is 8.88. The molecule has 1 N–H and O–H groups in total. The largest absolute Gasteiger partial charge is 0.484 e. The summed E-state index contributed by atoms with van der Waals surface area (Å²) in [6, 6.07) is 6.15. The van der Waals surface area contributed by atoms with E-state index in [9.17, 15) is 9.18 Å². The van der Waals surface area contributed by atoms with Gasteiger partial charge < -0.3 is 15.0 Å². The number of rotatable bonds is 5. The van der Waals surface area contributed by atoms with E-state index in [2.05, 4.69) is 15.3 Å². The van der Waals surface area contributed by atoms with E-state index in [1.165, 1.54) is 12.1 Å². The highest BCUT2D eigenvalue weighted by Crippen LogP contribution is 2.39. The number of benzene rings is 1. The number of nitrogens with zero attached hydrogens (tertiary/aromatic N) is 3. The van der Waals surface area contributed by atoms with Gasteiger partial charge in [0.2, 0.25) is 0 Å². The zero-order valence-electron chi connectivity index (χ0n) is 14.3. The Hall–Kier alpha value is -2.70. The summed E-state index contributed by atoms with van der Waals surface area (Å²) in [5.74, 6) is 1.64. The minimum Gasteiger partial charge on any atom is -0.484 e. The lowest BCUT2D eigenvalue weighted by Gasteiger charge is -2.22. The Bertz CT molecular complexity index is 773. The molecule has 1 saturated carbocycles. The number of nitrogens with one attached hydrogen (secondary N) is 1. The Morgan fingerprint density at radius 2 is 2.23 bits per heavy atom. The van der Waals surface area contributed by atoms with E-state index < -0.39 is 0 Å². The first kappa shape index (κ1) is 16.8. The van der Waals surface area contributed by atoms with Crippen LogP contribution in [0.1, 0.15) is 12.8 Å². The number of likely N-dealkylation sites (tertiary alicyclic amines) is 1. The molecule has 1 saturated heterocycles. The summed E-state index contributed by atoms with van der Waals surface area (Å²) in [7, 11) is 0. The molecule has 26 heavy (non-hydrogen) atoms. The van der Waals surface area contributed by atoms with E-state index in [1.54, 1.807) is 30.7 Å². The summed E-state index contributed by atoms with van der Waals surface area (Å²) in [6.45, 7) is 1.41. The first-order chi connectivity index (χ1) is 12.7. The number of carbonyl (C=O) groups excluding carboxylic acids is 1. The second-order valence-corrected chi connectivity index (χ2v) is 6.89. The van der Waals surface area contributed by atoms with Gasteiger partial charge in [0, 0.05) is 43.5 Å². The van der Waals surface area contributed by atoms with E-state index in [1.807, 2.05) is 4.90 Å². The third-order valence-corrected chi connectivity index (χ3v) is 5.26. The van der Waals surface area contributed by atoms with Gasteiger partial charge in [0.25, 0.3) is 5.91 Å². The molecule has 0 bridgehead atoms. The van der Waals surface area contributed by atoms with Gasteiger partial charge >= 0.3 is 0 Å². The second kappa shape index (κ2) is 7.27. The van der Waals surface area contributed by atoms with Crippen LogP contribution in [0.3, 0.4) is 0 Å². The smallest absolute Gasteiger partial charge is 0.260 e. The molecule has 2 fully saturated rings. The van der Waals surface area contributed by atoms with Gasteiger partial charge in [0.15, 0.2) is 6.61 Å². The summed E-state index contributed by atoms with van der Waals surface area (Å²) in [5.41, 5.74) is 0. The minimum atomic E-state index is -0.372. The molecule has 0 radical (unpaired) electrons. The van der Waals surface area contributed by atoms with Crippen LogP contribution in [0, 0.1) is 17.7 Å². The molecule has 0 spiro atoms. The fourth-order valence-electron chi connectivity index (χ4n) is 4.00. The van der Waals surface area contributed by atoms with Crippen molar-refractivity contribution in [3.63, 3.8) is 0 Å². The van der Waals surface area contributed by atoms with Crippen molar-refractivity contribution in [1.82, 2.24) is 14.9 Å². The molecule has 2 aliphatic rings. The highest BCUT2D eigenvalue weighted by atomic mass is 19.1. The van der Waals surface area contributed by atoms with Gasteiger partial charge in [-0.1, -0.05) is 6.07 Å². The summed E-state index contributed by atoms with van der Waals surface area (Å²) in [5, 5.41) is 3.45. The van der Waals surface area contributed by atoms with Crippen molar-refractivity contribution in [2.24, 2.45) is 11.8 Å². The second-order valence-electron chi connectivity index (χ2n) is 6.89. The van der Waals surface area contributed by atoms with Crippen LogP contribution in [-0.2, 0) is 4.79 Å². The van der Waals surface area contributed by atoms with Gasteiger partial charge in [0.1, 0.15) is 17.4 Å². The van der Waals surface area contributed by atoms with Crippen LogP contribution in [0.5, 0.6) is 5.75 Å². The van der Waals surface area contributed by atoms with E-state index in [0.29, 0.717) is 30.2 Å². The van der Waals surface area contributed by atoms with Gasteiger partial charge in [-0.3, -0.25) is 9.78 Å². The van der Waals surface area contributed by atoms with E-state index in [4.69, 9.17) is 4.74 Å². The van der Waals surface area contributed by atoms with Crippen LogP contribution in [0.25, 0.3) is 0 Å². The van der Waals surface area contributed by atoms with Crippen LogP contribution in [0.4, 0.5) is 10.2 Å². The first-order valence-corrected chi connectivity index (χ1v) is 8.88. The quantitative estimate of drug-likeness (QED) is 0.891. The molecule has 1 aliphatic heterocycles. The lowest BCUT2D eigenvalue weighted by Crippen LogP contribution is -2.36. The highest BCUT2D eigenvalue weighted by molar-refractivity contribution is 5.78. The maximum Gasteiger partial charge on any atom is 0.260 e. The van der Waals surface area contributed by atoms with Crippen LogP contribution in [-0.4, -0.2) is 46.5 Å². The van der Waals surface area contributed by atoms with Crippen molar-refractivity contribution in [2.45, 2.75) is 18.9 Å². The Kier molecular flexibility index (Phi) is 4.69. The summed E-state index contributed by atoms with van der Waals surface area (Å²) in [6.07, 6.45) is 7.21. The third-order valence-electron chi connectivity index (χ3n) is 5.26.